The number of nitrogens with zero attached hydrogens (tertiary/aromatic N) is 11. The van der Waals surface area contributed by atoms with E-state index in [0.29, 0.717) is 0 Å². The molecule has 0 aliphatic carbocycles. The number of aromatic carboxylic acids is 1. The van der Waals surface area contributed by atoms with Crippen molar-refractivity contribution in [1.82, 2.24) is 54.6 Å². The van der Waals surface area contributed by atoms with E-state index in [1.807, 2.05) is 316 Å². The average Bonchev–Trinajstić information content (AvgIpc) is 1.62. The zero-order valence-corrected chi connectivity index (χ0v) is 70.3. The predicted molar refractivity (Wildman–Crippen MR) is 435 cm³/mol. The molecule has 0 bridgehead atoms. The van der Waals surface area contributed by atoms with Crippen molar-refractivity contribution in [2.24, 2.45) is 0 Å². The number of rotatable bonds is 10. The van der Waals surface area contributed by atoms with Gasteiger partial charge in [0.2, 0.25) is 0 Å². The van der Waals surface area contributed by atoms with Gasteiger partial charge in [-0.05, 0) is 140 Å². The molecule has 0 saturated carbocycles. The Bertz CT molecular complexity index is 4820. The number of carbonyl (C=O) groups is 2. The van der Waals surface area contributed by atoms with Gasteiger partial charge in [-0.2, -0.15) is 0 Å². The summed E-state index contributed by atoms with van der Waals surface area (Å²) in [4.78, 5) is 53.7. The minimum atomic E-state index is -0.990. The first kappa shape index (κ1) is 95.5. The molecule has 16 nitrogen and oxygen atoms in total. The SMILES string of the molecule is CC(=O)C=C(C)O.Cc1cc(-c2ccccn2)[n-]n1.O=C(O)c1ccccn1.Oc1ccccc1-c1nc2ccccc2n1-c1ccccc1.[Rh+2].[Rh].[Rh].[Rh].[Rh].[c-]1ccccc1-c1ccccn1.[c-]1ccccc1-c1ccccn1.[c-]1ccccc1-c1ccccn1.[c-]1ccccc1-c1ccccn1.[c-]1ccccc1-c1ccccn1. The van der Waals surface area contributed by atoms with E-state index in [4.69, 9.17) is 15.2 Å². The van der Waals surface area contributed by atoms with E-state index in [0.717, 1.165) is 101 Å². The first-order valence-corrected chi connectivity index (χ1v) is 34.6. The molecule has 5 radical (unpaired) electrons. The van der Waals surface area contributed by atoms with Gasteiger partial charge < -0.3 is 50.4 Å². The Morgan fingerprint density at radius 3 is 1.00 bits per heavy atom. The van der Waals surface area contributed by atoms with Gasteiger partial charge in [-0.3, -0.25) is 14.3 Å². The summed E-state index contributed by atoms with van der Waals surface area (Å²) in [6.07, 6.45) is 13.3. The number of aryl methyl sites for hydroxylation is 1. The maximum atomic E-state index is 10.2. The third-order valence-corrected chi connectivity index (χ3v) is 14.9. The number of hydrogen-bond acceptors (Lipinski definition) is 13. The summed E-state index contributed by atoms with van der Waals surface area (Å²) in [6.45, 7) is 4.76. The summed E-state index contributed by atoms with van der Waals surface area (Å²) in [6, 6.07) is 122. The molecular weight excluding hydrogens is 1880 g/mol. The monoisotopic (exact) mass is 1950 g/mol. The Kier molecular flexibility index (Phi) is 45.4. The minimum Gasteiger partial charge on any atom is -0.574 e. The summed E-state index contributed by atoms with van der Waals surface area (Å²) in [5, 5.41) is 34.8. The van der Waals surface area contributed by atoms with Crippen molar-refractivity contribution >= 4 is 22.8 Å². The number of ketones is 1. The minimum absolute atomic E-state index is 0. The number of pyridine rings is 7. The Morgan fingerprint density at radius 1 is 0.383 bits per heavy atom. The number of aromatic nitrogens is 11. The number of hydrogen-bond donors (Lipinski definition) is 3. The number of allylic oxidation sites excluding steroid dienone is 2. The zero-order valence-electron chi connectivity index (χ0n) is 62.1. The molecule has 8 aromatic carbocycles. The standard InChI is InChI=1S/C19H14N2O.5C11H8N.C9H8N3.C6H5NO2.C5H8O2.5Rh/c22-18-13-7-4-10-15(18)19-20-16-11-5-6-12-17(16)21(19)14-8-2-1-3-9-14;5*1-2-6-10(7-3-1)11-8-4-5-9-12-11;1-7-6-9(12-11-7)8-4-2-3-5-10-8;8-6(9)5-3-1-2-4-7-5;1-4(6)3-5(2)7;;;;;/h1-13,22H;5*1-6,8-9H;2-6H,1H3;1-4H,(H,8,9);3,6H,1-2H3;;;;;/q;6*-1;;;;;;;+2. The molecule has 115 heavy (non-hydrogen) atoms. The van der Waals surface area contributed by atoms with Crippen molar-refractivity contribution in [3.8, 4) is 90.5 Å². The van der Waals surface area contributed by atoms with Crippen LogP contribution in [0.25, 0.3) is 95.8 Å². The first-order valence-electron chi connectivity index (χ1n) is 34.6. The second-order valence-corrected chi connectivity index (χ2v) is 23.1. The van der Waals surface area contributed by atoms with E-state index >= 15 is 0 Å². The van der Waals surface area contributed by atoms with Gasteiger partial charge in [-0.25, -0.2) is 14.8 Å². The quantitative estimate of drug-likeness (QED) is 0.0500. The number of aliphatic hydroxyl groups is 1. The molecule has 0 aliphatic rings. The molecule has 21 heteroatoms. The van der Waals surface area contributed by atoms with Crippen LogP contribution in [0, 0.1) is 37.3 Å². The number of carboxylic acid groups (broad SMARTS) is 1. The largest absolute Gasteiger partial charge is 2.00 e. The summed E-state index contributed by atoms with van der Waals surface area (Å²) >= 11 is 0. The topological polar surface area (TPSA) is 230 Å². The van der Waals surface area contributed by atoms with Crippen LogP contribution in [-0.2, 0) is 102 Å². The van der Waals surface area contributed by atoms with Crippen molar-refractivity contribution < 1.29 is 122 Å². The number of carboxylic acids is 1. The predicted octanol–water partition coefficient (Wildman–Crippen LogP) is 20.4. The molecule has 0 fully saturated rings. The van der Waals surface area contributed by atoms with Gasteiger partial charge in [0.15, 0.2) is 5.78 Å². The molecule has 0 amide bonds. The molecule has 0 aliphatic heterocycles. The molecule has 3 N–H and O–H groups in total. The third-order valence-electron chi connectivity index (χ3n) is 14.9. The van der Waals surface area contributed by atoms with Crippen molar-refractivity contribution in [3.05, 3.63) is 431 Å². The fourth-order valence-electron chi connectivity index (χ4n) is 9.89. The molecule has 585 valence electrons. The smallest absolute Gasteiger partial charge is 0.574 e. The molecule has 0 spiro atoms. The van der Waals surface area contributed by atoms with Crippen LogP contribution in [0.2, 0.25) is 0 Å². The van der Waals surface area contributed by atoms with Crippen molar-refractivity contribution in [2.75, 3.05) is 0 Å². The number of para-hydroxylation sites is 4. The van der Waals surface area contributed by atoms with Gasteiger partial charge in [0.1, 0.15) is 17.3 Å². The fraction of sp³-hybridized carbons (Fsp3) is 0.0319. The van der Waals surface area contributed by atoms with E-state index in [9.17, 15) is 14.7 Å². The number of benzene rings is 8. The van der Waals surface area contributed by atoms with Crippen molar-refractivity contribution in [3.63, 3.8) is 0 Å². The summed E-state index contributed by atoms with van der Waals surface area (Å²) < 4.78 is 2.07. The van der Waals surface area contributed by atoms with Crippen LogP contribution in [0.4, 0.5) is 0 Å². The van der Waals surface area contributed by atoms with Crippen LogP contribution in [0.5, 0.6) is 5.75 Å². The Balaban J connectivity index is 0.000000275. The molecular formula is C94H75N11O5Rh5-4. The fourth-order valence-corrected chi connectivity index (χ4v) is 9.89. The van der Waals surface area contributed by atoms with Crippen LogP contribution in [0.1, 0.15) is 30.0 Å². The van der Waals surface area contributed by atoms with Crippen LogP contribution in [0.3, 0.4) is 0 Å². The summed E-state index contributed by atoms with van der Waals surface area (Å²) in [7, 11) is 0. The molecule has 0 atom stereocenters. The Morgan fingerprint density at radius 2 is 0.713 bits per heavy atom. The summed E-state index contributed by atoms with van der Waals surface area (Å²) in [5.74, 6) is -0.0800. The molecule has 0 unspecified atom stereocenters. The van der Waals surface area contributed by atoms with Crippen LogP contribution < -0.4 is 5.10 Å². The molecule has 9 heterocycles. The number of phenolic OH excluding ortho intramolecular Hbond substituents is 1. The summed E-state index contributed by atoms with van der Waals surface area (Å²) in [5.41, 5.74) is 16.4. The van der Waals surface area contributed by atoms with E-state index in [-0.39, 0.29) is 120 Å². The van der Waals surface area contributed by atoms with Crippen molar-refractivity contribution in [2.45, 2.75) is 20.8 Å². The average molecular weight is 1950 g/mol. The van der Waals surface area contributed by atoms with Gasteiger partial charge in [0.25, 0.3) is 0 Å². The first-order chi connectivity index (χ1) is 54.0. The number of aromatic hydroxyl groups is 1. The second kappa shape index (κ2) is 54.7. The Labute approximate surface area is 735 Å². The van der Waals surface area contributed by atoms with Crippen LogP contribution in [-0.4, -0.2) is 76.6 Å². The normalized spacial score (nSPS) is 9.57. The number of fused-ring (bicyclic) bond motifs is 1. The molecule has 17 rings (SSSR count). The zero-order chi connectivity index (χ0) is 77.0. The Hall–Kier alpha value is -11.9. The number of carbonyl (C=O) groups excluding carboxylic acids is 1. The van der Waals surface area contributed by atoms with E-state index in [1.54, 1.807) is 55.4 Å². The number of imidazole rings is 1. The van der Waals surface area contributed by atoms with Crippen LogP contribution >= 0.6 is 0 Å². The van der Waals surface area contributed by atoms with Gasteiger partial charge in [-0.1, -0.05) is 127 Å². The number of aliphatic hydroxyl groups excluding tert-OH is 1. The van der Waals surface area contributed by atoms with E-state index < -0.39 is 5.97 Å². The van der Waals surface area contributed by atoms with Crippen LogP contribution in [0.15, 0.2) is 389 Å². The van der Waals surface area contributed by atoms with Gasteiger partial charge in [-0.15, -0.1) is 179 Å². The van der Waals surface area contributed by atoms with Gasteiger partial charge in [0.05, 0.1) is 22.4 Å². The molecule has 0 saturated heterocycles. The third kappa shape index (κ3) is 33.4. The second-order valence-electron chi connectivity index (χ2n) is 23.1. The van der Waals surface area contributed by atoms with Gasteiger partial charge >= 0.3 is 25.4 Å². The van der Waals surface area contributed by atoms with E-state index in [2.05, 4.69) is 80.0 Å². The maximum Gasteiger partial charge on any atom is 2.00 e. The number of phenols is 1. The molecule has 17 aromatic rings. The molecule has 9 aromatic heterocycles. The maximum absolute atomic E-state index is 10.2. The van der Waals surface area contributed by atoms with Crippen molar-refractivity contribution in [1.29, 1.82) is 0 Å². The van der Waals surface area contributed by atoms with E-state index in [1.165, 1.54) is 32.2 Å². The van der Waals surface area contributed by atoms with Gasteiger partial charge in [0, 0.05) is 144 Å².